The number of hydrazone groups is 1. The van der Waals surface area contributed by atoms with Gasteiger partial charge in [0.05, 0.1) is 6.04 Å². The van der Waals surface area contributed by atoms with Crippen molar-refractivity contribution in [3.05, 3.63) is 30.3 Å². The lowest BCUT2D eigenvalue weighted by Gasteiger charge is -2.37. The van der Waals surface area contributed by atoms with Crippen LogP contribution < -0.4 is 20.8 Å². The van der Waals surface area contributed by atoms with Gasteiger partial charge in [0.1, 0.15) is 11.3 Å². The minimum absolute atomic E-state index is 0.195. The Morgan fingerprint density at radius 2 is 1.77 bits per heavy atom. The second-order valence-electron chi connectivity index (χ2n) is 9.75. The van der Waals surface area contributed by atoms with Gasteiger partial charge in [-0.15, -0.1) is 5.10 Å². The minimum atomic E-state index is -1.07. The molecule has 1 saturated carbocycles. The van der Waals surface area contributed by atoms with Crippen LogP contribution in [0.15, 0.2) is 35.4 Å². The number of amides is 2. The van der Waals surface area contributed by atoms with Crippen molar-refractivity contribution in [2.75, 3.05) is 33.0 Å². The fourth-order valence-corrected chi connectivity index (χ4v) is 4.85. The maximum Gasteiger partial charge on any atom is 0.269 e. The van der Waals surface area contributed by atoms with Gasteiger partial charge in [0.2, 0.25) is 17.9 Å². The maximum atomic E-state index is 13.3. The van der Waals surface area contributed by atoms with E-state index < -0.39 is 17.8 Å². The molecule has 10 nitrogen and oxygen atoms in total. The van der Waals surface area contributed by atoms with Crippen molar-refractivity contribution in [2.45, 2.75) is 91.0 Å². The van der Waals surface area contributed by atoms with Crippen LogP contribution in [0.1, 0.15) is 73.1 Å². The van der Waals surface area contributed by atoms with Gasteiger partial charge in [0, 0.05) is 12.3 Å². The van der Waals surface area contributed by atoms with E-state index in [1.807, 2.05) is 51.0 Å². The summed E-state index contributed by atoms with van der Waals surface area (Å²) in [5.41, 5.74) is 1.62. The van der Waals surface area contributed by atoms with Gasteiger partial charge < -0.3 is 25.0 Å². The third-order valence-electron chi connectivity index (χ3n) is 5.92. The molecule has 2 aliphatic rings. The number of nitrogens with zero attached hydrogens (tertiary/aromatic N) is 2. The number of Topliss-reactive ketones (excluding diaryl/α,β-unsaturated/α-hetero) is 1. The number of para-hydroxylation sites is 1. The van der Waals surface area contributed by atoms with Crippen molar-refractivity contribution in [1.82, 2.24) is 21.0 Å². The van der Waals surface area contributed by atoms with Crippen LogP contribution in [0.3, 0.4) is 0 Å². The lowest BCUT2D eigenvalue weighted by Crippen LogP contribution is -2.62. The molecule has 40 heavy (non-hydrogen) atoms. The van der Waals surface area contributed by atoms with E-state index in [2.05, 4.69) is 35.0 Å². The molecule has 0 saturated heterocycles. The summed E-state index contributed by atoms with van der Waals surface area (Å²) >= 11 is 1.42. The van der Waals surface area contributed by atoms with E-state index in [0.29, 0.717) is 23.8 Å². The number of carbonyl (C=O) groups is 3. The number of nitrogens with one attached hydrogen (secondary N) is 3. The first-order valence-corrected chi connectivity index (χ1v) is 15.3. The normalized spacial score (nSPS) is 17.8. The Kier molecular flexibility index (Phi) is 17.0. The summed E-state index contributed by atoms with van der Waals surface area (Å²) in [4.78, 5) is 40.9. The van der Waals surface area contributed by atoms with Crippen molar-refractivity contribution in [3.63, 3.8) is 0 Å². The van der Waals surface area contributed by atoms with Crippen molar-refractivity contribution < 1.29 is 23.9 Å². The van der Waals surface area contributed by atoms with Crippen molar-refractivity contribution >= 4 is 34.6 Å². The van der Waals surface area contributed by atoms with Gasteiger partial charge in [0.15, 0.2) is 6.61 Å². The van der Waals surface area contributed by atoms with Crippen LogP contribution in [-0.4, -0.2) is 78.5 Å². The monoisotopic (exact) mass is 579 g/mol. The molecule has 2 unspecified atom stereocenters. The van der Waals surface area contributed by atoms with Crippen LogP contribution in [0.25, 0.3) is 0 Å². The van der Waals surface area contributed by atoms with E-state index in [1.165, 1.54) is 18.2 Å². The fraction of sp³-hybridized carbons (Fsp3) is 0.655. The summed E-state index contributed by atoms with van der Waals surface area (Å²) < 4.78 is 11.1. The summed E-state index contributed by atoms with van der Waals surface area (Å²) in [7, 11) is 3.95. The van der Waals surface area contributed by atoms with E-state index in [9.17, 15) is 14.4 Å². The van der Waals surface area contributed by atoms with Gasteiger partial charge in [-0.3, -0.25) is 19.8 Å². The van der Waals surface area contributed by atoms with Crippen LogP contribution in [-0.2, 0) is 19.1 Å². The smallest absolute Gasteiger partial charge is 0.269 e. The number of ether oxygens (including phenoxy) is 2. The van der Waals surface area contributed by atoms with Crippen molar-refractivity contribution in [3.8, 4) is 5.75 Å². The summed E-state index contributed by atoms with van der Waals surface area (Å²) in [6.07, 6.45) is 3.92. The highest BCUT2D eigenvalue weighted by atomic mass is 32.2. The first-order valence-electron chi connectivity index (χ1n) is 14.3. The van der Waals surface area contributed by atoms with E-state index in [4.69, 9.17) is 9.47 Å². The predicted octanol–water partition coefficient (Wildman–Crippen LogP) is 3.91. The second-order valence-corrected chi connectivity index (χ2v) is 10.8. The molecule has 3 N–H and O–H groups in total. The first kappa shape index (κ1) is 35.2. The minimum Gasteiger partial charge on any atom is -0.484 e. The first-order chi connectivity index (χ1) is 19.2. The quantitative estimate of drug-likeness (QED) is 0.361. The average Bonchev–Trinajstić information content (AvgIpc) is 3.42. The highest BCUT2D eigenvalue weighted by Gasteiger charge is 2.42. The van der Waals surface area contributed by atoms with Gasteiger partial charge in [-0.05, 0) is 46.0 Å². The SMILES string of the molecule is CC.CC(NC(=O)C1(NC(=O)COc2ccccc2)CCCCC1)C(=O)C1NN=C(SCCN(C)C)O1.CCC. The van der Waals surface area contributed by atoms with Crippen LogP contribution in [0.5, 0.6) is 5.75 Å². The van der Waals surface area contributed by atoms with E-state index >= 15 is 0 Å². The number of thioether (sulfide) groups is 1. The highest BCUT2D eigenvalue weighted by Crippen LogP contribution is 2.29. The van der Waals surface area contributed by atoms with E-state index in [-0.39, 0.29) is 24.2 Å². The molecule has 1 aromatic carbocycles. The summed E-state index contributed by atoms with van der Waals surface area (Å²) in [5, 5.41) is 10.2. The Hall–Kier alpha value is -2.79. The molecule has 0 radical (unpaired) electrons. The standard InChI is InChI=1S/C24H35N5O5S.C3H8.C2H6/c1-17(20(31)21-27-28-23(34-21)35-15-14-29(2)3)25-22(32)24(12-8-5-9-13-24)26-19(30)16-33-18-10-6-4-7-11-18;1-3-2;1-2/h4,6-7,10-11,17,21,27H,5,8-9,12-16H2,1-3H3,(H,25,32)(H,26,30);3H2,1-2H3;1-2H3. The number of hydrogen-bond acceptors (Lipinski definition) is 9. The maximum absolute atomic E-state index is 13.3. The number of ketones is 1. The van der Waals surface area contributed by atoms with Gasteiger partial charge in [-0.2, -0.15) is 0 Å². The molecule has 1 heterocycles. The Labute approximate surface area is 244 Å². The molecule has 2 amide bonds. The van der Waals surface area contributed by atoms with Gasteiger partial charge in [0.25, 0.3) is 11.1 Å². The number of rotatable bonds is 11. The molecule has 226 valence electrons. The van der Waals surface area contributed by atoms with Crippen LogP contribution in [0.4, 0.5) is 0 Å². The predicted molar refractivity (Wildman–Crippen MR) is 162 cm³/mol. The second kappa shape index (κ2) is 19.3. The summed E-state index contributed by atoms with van der Waals surface area (Å²) in [5.74, 6) is 0.269. The van der Waals surface area contributed by atoms with Crippen molar-refractivity contribution in [1.29, 1.82) is 0 Å². The summed E-state index contributed by atoms with van der Waals surface area (Å²) in [6, 6.07) is 8.21. The lowest BCUT2D eigenvalue weighted by atomic mass is 9.80. The van der Waals surface area contributed by atoms with Gasteiger partial charge in [-0.1, -0.05) is 83.3 Å². The Bertz CT molecular complexity index is 923. The molecule has 1 aromatic rings. The molecule has 1 aliphatic carbocycles. The van der Waals surface area contributed by atoms with Crippen LogP contribution in [0.2, 0.25) is 0 Å². The van der Waals surface area contributed by atoms with E-state index in [1.54, 1.807) is 19.1 Å². The molecule has 11 heteroatoms. The largest absolute Gasteiger partial charge is 0.484 e. The fourth-order valence-electron chi connectivity index (χ4n) is 3.93. The number of carbonyl (C=O) groups excluding carboxylic acids is 3. The molecular weight excluding hydrogens is 530 g/mol. The molecule has 0 aromatic heterocycles. The van der Waals surface area contributed by atoms with Crippen LogP contribution >= 0.6 is 11.8 Å². The lowest BCUT2D eigenvalue weighted by molar-refractivity contribution is -0.138. The molecule has 1 aliphatic heterocycles. The Balaban J connectivity index is 0.00000150. The number of benzene rings is 1. The molecule has 0 spiro atoms. The third-order valence-corrected chi connectivity index (χ3v) is 6.74. The van der Waals surface area contributed by atoms with Gasteiger partial charge >= 0.3 is 0 Å². The molecule has 0 bridgehead atoms. The zero-order chi connectivity index (χ0) is 30.0. The topological polar surface area (TPSA) is 121 Å². The molecule has 2 atom stereocenters. The van der Waals surface area contributed by atoms with Crippen LogP contribution in [0, 0.1) is 0 Å². The zero-order valence-corrected chi connectivity index (χ0v) is 26.1. The Morgan fingerprint density at radius 1 is 1.15 bits per heavy atom. The van der Waals surface area contributed by atoms with Gasteiger partial charge in [-0.25, -0.2) is 0 Å². The Morgan fingerprint density at radius 3 is 2.38 bits per heavy atom. The highest BCUT2D eigenvalue weighted by molar-refractivity contribution is 8.13. The molecule has 3 rings (SSSR count). The molecule has 1 fully saturated rings. The average molecular weight is 580 g/mol. The molecular formula is C29H49N5O5S. The number of hydrogen-bond donors (Lipinski definition) is 3. The summed E-state index contributed by atoms with van der Waals surface area (Å²) in [6.45, 7) is 10.5. The van der Waals surface area contributed by atoms with Crippen molar-refractivity contribution in [2.24, 2.45) is 5.10 Å². The van der Waals surface area contributed by atoms with E-state index in [0.717, 1.165) is 31.6 Å². The third kappa shape index (κ3) is 12.2. The zero-order valence-electron chi connectivity index (χ0n) is 25.2.